The topological polar surface area (TPSA) is 55.1 Å². The van der Waals surface area contributed by atoms with E-state index in [0.29, 0.717) is 5.92 Å². The summed E-state index contributed by atoms with van der Waals surface area (Å²) in [6.07, 6.45) is 6.96. The number of carbonyl (C=O) groups excluding carboxylic acids is 1. The van der Waals surface area contributed by atoms with Crippen LogP contribution in [0.3, 0.4) is 0 Å². The molecule has 0 spiro atoms. The second-order valence-corrected chi connectivity index (χ2v) is 4.87. The van der Waals surface area contributed by atoms with E-state index in [0.717, 1.165) is 25.8 Å². The first-order valence-corrected chi connectivity index (χ1v) is 6.16. The van der Waals surface area contributed by atoms with E-state index in [9.17, 15) is 4.79 Å². The maximum absolute atomic E-state index is 11.7. The van der Waals surface area contributed by atoms with Crippen molar-refractivity contribution in [1.29, 1.82) is 0 Å². The highest BCUT2D eigenvalue weighted by Crippen LogP contribution is 2.38. The van der Waals surface area contributed by atoms with Crippen molar-refractivity contribution in [2.75, 3.05) is 6.54 Å². The standard InChI is InChI=1S/C12H24N2O/c1-3-4-5-6-9-14-11(15)12(2,13)10-7-8-10/h10H,3-9,13H2,1-2H3,(H,14,15). The molecule has 1 amide bonds. The molecule has 1 saturated carbocycles. The van der Waals surface area contributed by atoms with Crippen molar-refractivity contribution >= 4 is 5.91 Å². The maximum atomic E-state index is 11.7. The lowest BCUT2D eigenvalue weighted by Gasteiger charge is -2.23. The lowest BCUT2D eigenvalue weighted by atomic mass is 9.96. The summed E-state index contributed by atoms with van der Waals surface area (Å²) in [6, 6.07) is 0. The maximum Gasteiger partial charge on any atom is 0.240 e. The summed E-state index contributed by atoms with van der Waals surface area (Å²) >= 11 is 0. The van der Waals surface area contributed by atoms with E-state index >= 15 is 0 Å². The fraction of sp³-hybridized carbons (Fsp3) is 0.917. The highest BCUT2D eigenvalue weighted by molar-refractivity contribution is 5.86. The number of nitrogens with two attached hydrogens (primary N) is 1. The molecule has 3 heteroatoms. The number of unbranched alkanes of at least 4 members (excludes halogenated alkanes) is 3. The van der Waals surface area contributed by atoms with Gasteiger partial charge in [-0.1, -0.05) is 26.2 Å². The first-order chi connectivity index (χ1) is 7.09. The van der Waals surface area contributed by atoms with E-state index in [4.69, 9.17) is 5.73 Å². The molecule has 1 fully saturated rings. The lowest BCUT2D eigenvalue weighted by molar-refractivity contribution is -0.126. The van der Waals surface area contributed by atoms with Crippen molar-refractivity contribution in [3.8, 4) is 0 Å². The van der Waals surface area contributed by atoms with Crippen LogP contribution < -0.4 is 11.1 Å². The first-order valence-electron chi connectivity index (χ1n) is 6.16. The van der Waals surface area contributed by atoms with Crippen LogP contribution >= 0.6 is 0 Å². The molecule has 0 bridgehead atoms. The van der Waals surface area contributed by atoms with Gasteiger partial charge in [0.15, 0.2) is 0 Å². The number of hydrogen-bond acceptors (Lipinski definition) is 2. The average molecular weight is 212 g/mol. The molecule has 1 atom stereocenters. The van der Waals surface area contributed by atoms with Crippen molar-refractivity contribution in [2.45, 2.75) is 57.9 Å². The van der Waals surface area contributed by atoms with Crippen molar-refractivity contribution < 1.29 is 4.79 Å². The Morgan fingerprint density at radius 3 is 2.60 bits per heavy atom. The van der Waals surface area contributed by atoms with Gasteiger partial charge in [0.2, 0.25) is 5.91 Å². The third-order valence-corrected chi connectivity index (χ3v) is 3.23. The van der Waals surface area contributed by atoms with Crippen LogP contribution in [0.15, 0.2) is 0 Å². The molecule has 0 aromatic carbocycles. The molecule has 3 N–H and O–H groups in total. The van der Waals surface area contributed by atoms with Gasteiger partial charge < -0.3 is 11.1 Å². The van der Waals surface area contributed by atoms with E-state index in [1.165, 1.54) is 19.3 Å². The van der Waals surface area contributed by atoms with Gasteiger partial charge in [0.05, 0.1) is 5.54 Å². The van der Waals surface area contributed by atoms with Crippen LogP contribution in [0.2, 0.25) is 0 Å². The molecule has 1 aliphatic rings. The molecule has 88 valence electrons. The Morgan fingerprint density at radius 2 is 2.07 bits per heavy atom. The Morgan fingerprint density at radius 1 is 1.40 bits per heavy atom. The van der Waals surface area contributed by atoms with Crippen LogP contribution in [-0.2, 0) is 4.79 Å². The normalized spacial score (nSPS) is 19.7. The van der Waals surface area contributed by atoms with Crippen LogP contribution in [-0.4, -0.2) is 18.0 Å². The largest absolute Gasteiger partial charge is 0.355 e. The minimum absolute atomic E-state index is 0.0292. The van der Waals surface area contributed by atoms with Crippen LogP contribution in [0.4, 0.5) is 0 Å². The summed E-state index contributed by atoms with van der Waals surface area (Å²) in [7, 11) is 0. The second-order valence-electron chi connectivity index (χ2n) is 4.87. The van der Waals surface area contributed by atoms with E-state index < -0.39 is 5.54 Å². The van der Waals surface area contributed by atoms with Crippen LogP contribution in [0, 0.1) is 5.92 Å². The zero-order valence-electron chi connectivity index (χ0n) is 10.0. The fourth-order valence-electron chi connectivity index (χ4n) is 1.81. The first kappa shape index (κ1) is 12.5. The number of nitrogens with one attached hydrogen (secondary N) is 1. The zero-order valence-corrected chi connectivity index (χ0v) is 10.0. The smallest absolute Gasteiger partial charge is 0.240 e. The summed E-state index contributed by atoms with van der Waals surface area (Å²) in [5.74, 6) is 0.439. The highest BCUT2D eigenvalue weighted by Gasteiger charge is 2.43. The SMILES string of the molecule is CCCCCCNC(=O)C(C)(N)C1CC1. The minimum atomic E-state index is -0.634. The van der Waals surface area contributed by atoms with E-state index in [1.54, 1.807) is 0 Å². The molecular weight excluding hydrogens is 188 g/mol. The van der Waals surface area contributed by atoms with Gasteiger partial charge in [-0.15, -0.1) is 0 Å². The molecule has 0 heterocycles. The Labute approximate surface area is 92.8 Å². The summed E-state index contributed by atoms with van der Waals surface area (Å²) in [5.41, 5.74) is 5.36. The van der Waals surface area contributed by atoms with Crippen molar-refractivity contribution in [3.63, 3.8) is 0 Å². The summed E-state index contributed by atoms with van der Waals surface area (Å²) in [4.78, 5) is 11.7. The third kappa shape index (κ3) is 3.82. The Balaban J connectivity index is 2.12. The molecule has 3 nitrogen and oxygen atoms in total. The summed E-state index contributed by atoms with van der Waals surface area (Å²) < 4.78 is 0. The fourth-order valence-corrected chi connectivity index (χ4v) is 1.81. The molecule has 1 rings (SSSR count). The molecule has 0 aliphatic heterocycles. The van der Waals surface area contributed by atoms with E-state index in [-0.39, 0.29) is 5.91 Å². The number of hydrogen-bond donors (Lipinski definition) is 2. The van der Waals surface area contributed by atoms with Gasteiger partial charge >= 0.3 is 0 Å². The molecular formula is C12H24N2O. The minimum Gasteiger partial charge on any atom is -0.355 e. The predicted octanol–water partition coefficient (Wildman–Crippen LogP) is 1.81. The molecule has 1 unspecified atom stereocenters. The molecule has 1 aliphatic carbocycles. The van der Waals surface area contributed by atoms with Gasteiger partial charge in [0.25, 0.3) is 0 Å². The molecule has 0 radical (unpaired) electrons. The van der Waals surface area contributed by atoms with E-state index in [2.05, 4.69) is 12.2 Å². The van der Waals surface area contributed by atoms with E-state index in [1.807, 2.05) is 6.92 Å². The molecule has 0 aromatic rings. The van der Waals surface area contributed by atoms with Crippen LogP contribution in [0.5, 0.6) is 0 Å². The monoisotopic (exact) mass is 212 g/mol. The molecule has 15 heavy (non-hydrogen) atoms. The van der Waals surface area contributed by atoms with Gasteiger partial charge in [-0.05, 0) is 32.1 Å². The number of rotatable bonds is 7. The van der Waals surface area contributed by atoms with Crippen molar-refractivity contribution in [2.24, 2.45) is 11.7 Å². The van der Waals surface area contributed by atoms with Crippen molar-refractivity contribution in [1.82, 2.24) is 5.32 Å². The van der Waals surface area contributed by atoms with Crippen LogP contribution in [0.25, 0.3) is 0 Å². The van der Waals surface area contributed by atoms with Gasteiger partial charge in [0, 0.05) is 6.54 Å². The summed E-state index contributed by atoms with van der Waals surface area (Å²) in [6.45, 7) is 4.81. The third-order valence-electron chi connectivity index (χ3n) is 3.23. The Hall–Kier alpha value is -0.570. The number of carbonyl (C=O) groups is 1. The summed E-state index contributed by atoms with van der Waals surface area (Å²) in [5, 5.41) is 2.94. The highest BCUT2D eigenvalue weighted by atomic mass is 16.2. The quantitative estimate of drug-likeness (QED) is 0.632. The van der Waals surface area contributed by atoms with Crippen LogP contribution in [0.1, 0.15) is 52.4 Å². The lowest BCUT2D eigenvalue weighted by Crippen LogP contribution is -2.53. The second kappa shape index (κ2) is 5.50. The Kier molecular flexibility index (Phi) is 4.58. The predicted molar refractivity (Wildman–Crippen MR) is 62.5 cm³/mol. The average Bonchev–Trinajstić information content (AvgIpc) is 3.00. The van der Waals surface area contributed by atoms with Gasteiger partial charge in [-0.3, -0.25) is 4.79 Å². The van der Waals surface area contributed by atoms with Gasteiger partial charge in [-0.2, -0.15) is 0 Å². The van der Waals surface area contributed by atoms with Crippen molar-refractivity contribution in [3.05, 3.63) is 0 Å². The van der Waals surface area contributed by atoms with Gasteiger partial charge in [-0.25, -0.2) is 0 Å². The molecule has 0 saturated heterocycles. The number of amides is 1. The van der Waals surface area contributed by atoms with Gasteiger partial charge in [0.1, 0.15) is 0 Å². The molecule has 0 aromatic heterocycles. The Bertz CT molecular complexity index is 210. The zero-order chi connectivity index (χ0) is 11.3.